The zero-order valence-corrected chi connectivity index (χ0v) is 8.94. The number of hydrogen-bond acceptors (Lipinski definition) is 2. The van der Waals surface area contributed by atoms with Crippen molar-refractivity contribution in [3.05, 3.63) is 59.7 Å². The summed E-state index contributed by atoms with van der Waals surface area (Å²) < 4.78 is 5.78. The normalized spacial score (nSPS) is 13.5. The predicted molar refractivity (Wildman–Crippen MR) is 63.5 cm³/mol. The summed E-state index contributed by atoms with van der Waals surface area (Å²) in [6, 6.07) is 16.1. The Bertz CT molecular complexity index is 493. The van der Waals surface area contributed by atoms with Crippen molar-refractivity contribution >= 4 is 0 Å². The van der Waals surface area contributed by atoms with Gasteiger partial charge in [-0.1, -0.05) is 24.3 Å². The van der Waals surface area contributed by atoms with Gasteiger partial charge in [0, 0.05) is 13.1 Å². The highest BCUT2D eigenvalue weighted by molar-refractivity contribution is 5.40. The Morgan fingerprint density at radius 3 is 2.50 bits per heavy atom. The van der Waals surface area contributed by atoms with Gasteiger partial charge in [0.25, 0.3) is 0 Å². The van der Waals surface area contributed by atoms with Gasteiger partial charge in [-0.15, -0.1) is 0 Å². The third-order valence-corrected chi connectivity index (χ3v) is 2.79. The molecule has 0 spiro atoms. The van der Waals surface area contributed by atoms with E-state index < -0.39 is 0 Å². The van der Waals surface area contributed by atoms with Gasteiger partial charge in [-0.05, 0) is 35.4 Å². The molecule has 3 rings (SSSR count). The van der Waals surface area contributed by atoms with Gasteiger partial charge in [0.1, 0.15) is 11.5 Å². The average molecular weight is 211 g/mol. The maximum Gasteiger partial charge on any atom is 0.127 e. The van der Waals surface area contributed by atoms with Crippen molar-refractivity contribution < 1.29 is 4.74 Å². The van der Waals surface area contributed by atoms with Gasteiger partial charge in [0.15, 0.2) is 0 Å². The molecule has 16 heavy (non-hydrogen) atoms. The number of fused-ring (bicyclic) bond motifs is 1. The van der Waals surface area contributed by atoms with E-state index in [1.54, 1.807) is 0 Å². The van der Waals surface area contributed by atoms with Crippen molar-refractivity contribution in [1.29, 1.82) is 0 Å². The van der Waals surface area contributed by atoms with E-state index in [-0.39, 0.29) is 0 Å². The first-order chi connectivity index (χ1) is 7.92. The minimum Gasteiger partial charge on any atom is -0.457 e. The number of hydrogen-bond donors (Lipinski definition) is 1. The quantitative estimate of drug-likeness (QED) is 0.824. The lowest BCUT2D eigenvalue weighted by Crippen LogP contribution is -1.99. The zero-order chi connectivity index (χ0) is 10.8. The molecule has 80 valence electrons. The molecule has 0 amide bonds. The van der Waals surface area contributed by atoms with Gasteiger partial charge in [0.05, 0.1) is 0 Å². The van der Waals surface area contributed by atoms with E-state index in [1.165, 1.54) is 11.1 Å². The van der Waals surface area contributed by atoms with Crippen molar-refractivity contribution in [3.63, 3.8) is 0 Å². The van der Waals surface area contributed by atoms with Crippen LogP contribution in [0.15, 0.2) is 48.5 Å². The Hall–Kier alpha value is -1.80. The maximum absolute atomic E-state index is 5.78. The summed E-state index contributed by atoms with van der Waals surface area (Å²) in [5, 5.41) is 3.32. The molecule has 1 aliphatic rings. The van der Waals surface area contributed by atoms with Crippen molar-refractivity contribution in [1.82, 2.24) is 5.32 Å². The molecule has 0 aliphatic carbocycles. The van der Waals surface area contributed by atoms with Crippen LogP contribution in [0.3, 0.4) is 0 Å². The van der Waals surface area contributed by atoms with E-state index in [2.05, 4.69) is 17.4 Å². The first-order valence-electron chi connectivity index (χ1n) is 5.47. The van der Waals surface area contributed by atoms with Crippen LogP contribution in [-0.2, 0) is 13.1 Å². The molecule has 2 heteroatoms. The van der Waals surface area contributed by atoms with Gasteiger partial charge in [-0.2, -0.15) is 0 Å². The Balaban J connectivity index is 1.86. The van der Waals surface area contributed by atoms with Crippen LogP contribution in [-0.4, -0.2) is 0 Å². The Labute approximate surface area is 94.9 Å². The number of ether oxygens (including phenoxy) is 1. The number of rotatable bonds is 2. The van der Waals surface area contributed by atoms with Gasteiger partial charge < -0.3 is 10.1 Å². The summed E-state index contributed by atoms with van der Waals surface area (Å²) >= 11 is 0. The lowest BCUT2D eigenvalue weighted by molar-refractivity contribution is 0.482. The van der Waals surface area contributed by atoms with E-state index in [9.17, 15) is 0 Å². The lowest BCUT2D eigenvalue weighted by Gasteiger charge is -2.06. The zero-order valence-electron chi connectivity index (χ0n) is 8.94. The molecule has 2 nitrogen and oxygen atoms in total. The van der Waals surface area contributed by atoms with E-state index in [4.69, 9.17) is 4.74 Å². The topological polar surface area (TPSA) is 21.3 Å². The molecular formula is C14H13NO. The fourth-order valence-corrected chi connectivity index (χ4v) is 1.96. The molecule has 0 aromatic heterocycles. The second-order valence-corrected chi connectivity index (χ2v) is 3.95. The first-order valence-corrected chi connectivity index (χ1v) is 5.47. The monoisotopic (exact) mass is 211 g/mol. The molecule has 0 unspecified atom stereocenters. The molecule has 2 aromatic carbocycles. The third-order valence-electron chi connectivity index (χ3n) is 2.79. The minimum atomic E-state index is 0.883. The molecule has 0 saturated heterocycles. The fraction of sp³-hybridized carbons (Fsp3) is 0.143. The summed E-state index contributed by atoms with van der Waals surface area (Å²) in [4.78, 5) is 0. The van der Waals surface area contributed by atoms with Gasteiger partial charge in [-0.25, -0.2) is 0 Å². The second kappa shape index (κ2) is 3.99. The summed E-state index contributed by atoms with van der Waals surface area (Å²) in [6.07, 6.45) is 0. The third kappa shape index (κ3) is 1.79. The highest BCUT2D eigenvalue weighted by Crippen LogP contribution is 2.25. The molecule has 0 fully saturated rings. The number of nitrogens with one attached hydrogen (secondary N) is 1. The molecule has 1 N–H and O–H groups in total. The van der Waals surface area contributed by atoms with E-state index >= 15 is 0 Å². The van der Waals surface area contributed by atoms with Crippen LogP contribution in [0, 0.1) is 0 Å². The molecule has 0 radical (unpaired) electrons. The summed E-state index contributed by atoms with van der Waals surface area (Å²) in [5.74, 6) is 1.79. The molecule has 0 bridgehead atoms. The minimum absolute atomic E-state index is 0.883. The Morgan fingerprint density at radius 1 is 0.812 bits per heavy atom. The van der Waals surface area contributed by atoms with Crippen LogP contribution < -0.4 is 10.1 Å². The van der Waals surface area contributed by atoms with E-state index in [0.29, 0.717) is 0 Å². The Morgan fingerprint density at radius 2 is 1.62 bits per heavy atom. The van der Waals surface area contributed by atoms with Crippen molar-refractivity contribution in [2.24, 2.45) is 0 Å². The van der Waals surface area contributed by atoms with Gasteiger partial charge in [0.2, 0.25) is 0 Å². The largest absolute Gasteiger partial charge is 0.457 e. The first kappa shape index (κ1) is 9.43. The van der Waals surface area contributed by atoms with E-state index in [0.717, 1.165) is 24.6 Å². The SMILES string of the molecule is c1ccc(Oc2ccc3c(c2)CNC3)cc1. The molecule has 1 heterocycles. The summed E-state index contributed by atoms with van der Waals surface area (Å²) in [7, 11) is 0. The van der Waals surface area contributed by atoms with Crippen molar-refractivity contribution in [2.45, 2.75) is 13.1 Å². The summed E-state index contributed by atoms with van der Waals surface area (Å²) in [6.45, 7) is 1.92. The molecule has 0 saturated carbocycles. The standard InChI is InChI=1S/C14H13NO/c1-2-4-13(5-3-1)16-14-7-6-11-9-15-10-12(11)8-14/h1-8,15H,9-10H2. The van der Waals surface area contributed by atoms with Gasteiger partial charge >= 0.3 is 0 Å². The molecule has 0 atom stereocenters. The van der Waals surface area contributed by atoms with Gasteiger partial charge in [-0.3, -0.25) is 0 Å². The predicted octanol–water partition coefficient (Wildman–Crippen LogP) is 3.08. The Kier molecular flexibility index (Phi) is 2.35. The van der Waals surface area contributed by atoms with Crippen LogP contribution in [0.4, 0.5) is 0 Å². The smallest absolute Gasteiger partial charge is 0.127 e. The number of para-hydroxylation sites is 1. The highest BCUT2D eigenvalue weighted by Gasteiger charge is 2.10. The molecular weight excluding hydrogens is 198 g/mol. The van der Waals surface area contributed by atoms with Crippen LogP contribution in [0.2, 0.25) is 0 Å². The average Bonchev–Trinajstić information content (AvgIpc) is 2.77. The highest BCUT2D eigenvalue weighted by atomic mass is 16.5. The fourth-order valence-electron chi connectivity index (χ4n) is 1.96. The van der Waals surface area contributed by atoms with Crippen LogP contribution >= 0.6 is 0 Å². The summed E-state index contributed by atoms with van der Waals surface area (Å²) in [5.41, 5.74) is 2.72. The maximum atomic E-state index is 5.78. The van der Waals surface area contributed by atoms with Crippen LogP contribution in [0.5, 0.6) is 11.5 Å². The molecule has 1 aliphatic heterocycles. The van der Waals surface area contributed by atoms with E-state index in [1.807, 2.05) is 36.4 Å². The number of benzene rings is 2. The van der Waals surface area contributed by atoms with Crippen molar-refractivity contribution in [2.75, 3.05) is 0 Å². The van der Waals surface area contributed by atoms with Crippen LogP contribution in [0.1, 0.15) is 11.1 Å². The van der Waals surface area contributed by atoms with Crippen LogP contribution in [0.25, 0.3) is 0 Å². The molecule has 2 aromatic rings. The van der Waals surface area contributed by atoms with Crippen molar-refractivity contribution in [3.8, 4) is 11.5 Å². The lowest BCUT2D eigenvalue weighted by atomic mass is 10.1. The second-order valence-electron chi connectivity index (χ2n) is 3.95.